The standard InChI is InChI=1S/C18H18F3N3O2S/c19-18(20,21)13-6-4-5-12(9-13)14-10-24-15(11-27-17(24)23-14)16(26)22-7-2-1-3-8-25/h4-6,9-11,25H,1-3,7-8H2,(H,22,26). The summed E-state index contributed by atoms with van der Waals surface area (Å²) in [5.74, 6) is -0.266. The number of nitrogens with one attached hydrogen (secondary N) is 1. The van der Waals surface area contributed by atoms with Crippen LogP contribution in [0.2, 0.25) is 0 Å². The van der Waals surface area contributed by atoms with Crippen LogP contribution in [0.5, 0.6) is 0 Å². The minimum Gasteiger partial charge on any atom is -0.396 e. The van der Waals surface area contributed by atoms with Crippen LogP contribution < -0.4 is 5.32 Å². The maximum absolute atomic E-state index is 12.9. The lowest BCUT2D eigenvalue weighted by atomic mass is 10.1. The van der Waals surface area contributed by atoms with Gasteiger partial charge in [0.2, 0.25) is 0 Å². The van der Waals surface area contributed by atoms with E-state index in [4.69, 9.17) is 5.11 Å². The van der Waals surface area contributed by atoms with Crippen molar-refractivity contribution in [3.63, 3.8) is 0 Å². The number of imidazole rings is 1. The molecule has 2 aromatic heterocycles. The lowest BCUT2D eigenvalue weighted by Crippen LogP contribution is -2.25. The molecular weight excluding hydrogens is 379 g/mol. The molecule has 0 aliphatic rings. The molecule has 0 saturated heterocycles. The van der Waals surface area contributed by atoms with Crippen molar-refractivity contribution in [2.45, 2.75) is 25.4 Å². The summed E-state index contributed by atoms with van der Waals surface area (Å²) in [5.41, 5.74) is 0.376. The summed E-state index contributed by atoms with van der Waals surface area (Å²) in [5, 5.41) is 13.2. The fourth-order valence-electron chi connectivity index (χ4n) is 2.65. The molecule has 0 bridgehead atoms. The summed E-state index contributed by atoms with van der Waals surface area (Å²) in [4.78, 5) is 17.2. The van der Waals surface area contributed by atoms with Gasteiger partial charge in [-0.15, -0.1) is 11.3 Å². The molecule has 0 aliphatic carbocycles. The molecule has 5 nitrogen and oxygen atoms in total. The number of carbonyl (C=O) groups excluding carboxylic acids is 1. The Bertz CT molecular complexity index is 933. The molecule has 1 aromatic carbocycles. The predicted octanol–water partition coefficient (Wildman–Crippen LogP) is 3.97. The number of carbonyl (C=O) groups is 1. The minimum absolute atomic E-state index is 0.131. The second kappa shape index (κ2) is 8.10. The molecule has 9 heteroatoms. The van der Waals surface area contributed by atoms with E-state index in [1.807, 2.05) is 0 Å². The van der Waals surface area contributed by atoms with Crippen molar-refractivity contribution in [3.05, 3.63) is 47.1 Å². The zero-order chi connectivity index (χ0) is 19.4. The topological polar surface area (TPSA) is 66.6 Å². The van der Waals surface area contributed by atoms with Gasteiger partial charge in [0.1, 0.15) is 5.69 Å². The Morgan fingerprint density at radius 3 is 2.81 bits per heavy atom. The Kier molecular flexibility index (Phi) is 5.81. The van der Waals surface area contributed by atoms with Crippen molar-refractivity contribution in [1.82, 2.24) is 14.7 Å². The Morgan fingerprint density at radius 1 is 1.26 bits per heavy atom. The number of unbranched alkanes of at least 4 members (excludes halogenated alkanes) is 2. The first-order chi connectivity index (χ1) is 12.9. The molecule has 3 rings (SSSR count). The number of thiazole rings is 1. The highest BCUT2D eigenvalue weighted by Crippen LogP contribution is 2.32. The van der Waals surface area contributed by atoms with Crippen LogP contribution >= 0.6 is 11.3 Å². The summed E-state index contributed by atoms with van der Waals surface area (Å²) in [6.07, 6.45) is -0.573. The molecule has 0 radical (unpaired) electrons. The van der Waals surface area contributed by atoms with Gasteiger partial charge >= 0.3 is 6.18 Å². The fourth-order valence-corrected chi connectivity index (χ4v) is 3.50. The van der Waals surface area contributed by atoms with Crippen molar-refractivity contribution < 1.29 is 23.1 Å². The number of aliphatic hydroxyl groups excluding tert-OH is 1. The molecule has 0 fully saturated rings. The van der Waals surface area contributed by atoms with Gasteiger partial charge in [-0.1, -0.05) is 12.1 Å². The highest BCUT2D eigenvalue weighted by atomic mass is 32.1. The molecular formula is C18H18F3N3O2S. The fraction of sp³-hybridized carbons (Fsp3) is 0.333. The van der Waals surface area contributed by atoms with Crippen LogP contribution in [0.1, 0.15) is 35.3 Å². The summed E-state index contributed by atoms with van der Waals surface area (Å²) in [7, 11) is 0. The Balaban J connectivity index is 1.78. The maximum atomic E-state index is 12.9. The Hall–Kier alpha value is -2.39. The third kappa shape index (κ3) is 4.48. The van der Waals surface area contributed by atoms with Crippen LogP contribution in [0.3, 0.4) is 0 Å². The number of fused-ring (bicyclic) bond motifs is 1. The predicted molar refractivity (Wildman–Crippen MR) is 96.8 cm³/mol. The van der Waals surface area contributed by atoms with Crippen molar-refractivity contribution >= 4 is 22.2 Å². The van der Waals surface area contributed by atoms with Crippen LogP contribution in [-0.2, 0) is 6.18 Å². The number of aliphatic hydroxyl groups is 1. The SMILES string of the molecule is O=C(NCCCCCO)c1csc2nc(-c3cccc(C(F)(F)F)c3)cn12. The van der Waals surface area contributed by atoms with Crippen molar-refractivity contribution in [3.8, 4) is 11.3 Å². The lowest BCUT2D eigenvalue weighted by molar-refractivity contribution is -0.137. The van der Waals surface area contributed by atoms with E-state index in [-0.39, 0.29) is 12.5 Å². The van der Waals surface area contributed by atoms with E-state index in [1.54, 1.807) is 22.0 Å². The van der Waals surface area contributed by atoms with Crippen LogP contribution in [0, 0.1) is 0 Å². The van der Waals surface area contributed by atoms with E-state index >= 15 is 0 Å². The Labute approximate surface area is 157 Å². The van der Waals surface area contributed by atoms with Gasteiger partial charge in [-0.25, -0.2) is 4.98 Å². The van der Waals surface area contributed by atoms with Gasteiger partial charge in [-0.3, -0.25) is 9.20 Å². The largest absolute Gasteiger partial charge is 0.416 e. The van der Waals surface area contributed by atoms with Crippen LogP contribution in [0.15, 0.2) is 35.8 Å². The van der Waals surface area contributed by atoms with E-state index < -0.39 is 11.7 Å². The average Bonchev–Trinajstić information content (AvgIpc) is 3.21. The zero-order valence-electron chi connectivity index (χ0n) is 14.3. The summed E-state index contributed by atoms with van der Waals surface area (Å²) in [6.45, 7) is 0.623. The third-order valence-corrected chi connectivity index (χ3v) is 4.89. The quantitative estimate of drug-likeness (QED) is 0.593. The van der Waals surface area contributed by atoms with Gasteiger partial charge in [0.25, 0.3) is 5.91 Å². The molecule has 0 unspecified atom stereocenters. The first kappa shape index (κ1) is 19.4. The number of alkyl halides is 3. The molecule has 144 valence electrons. The van der Waals surface area contributed by atoms with Gasteiger partial charge in [0.15, 0.2) is 4.96 Å². The summed E-state index contributed by atoms with van der Waals surface area (Å²) in [6, 6.07) is 4.96. The molecule has 0 aliphatic heterocycles. The van der Waals surface area contributed by atoms with E-state index in [0.717, 1.165) is 25.0 Å². The molecule has 27 heavy (non-hydrogen) atoms. The van der Waals surface area contributed by atoms with Crippen molar-refractivity contribution in [2.75, 3.05) is 13.2 Å². The van der Waals surface area contributed by atoms with Crippen LogP contribution in [0.25, 0.3) is 16.2 Å². The minimum atomic E-state index is -4.42. The second-order valence-electron chi connectivity index (χ2n) is 6.02. The highest BCUT2D eigenvalue weighted by molar-refractivity contribution is 7.15. The van der Waals surface area contributed by atoms with E-state index in [2.05, 4.69) is 10.3 Å². The average molecular weight is 397 g/mol. The Morgan fingerprint density at radius 2 is 2.07 bits per heavy atom. The zero-order valence-corrected chi connectivity index (χ0v) is 15.1. The number of aromatic nitrogens is 2. The molecule has 2 N–H and O–H groups in total. The second-order valence-corrected chi connectivity index (χ2v) is 6.85. The molecule has 0 spiro atoms. The summed E-state index contributed by atoms with van der Waals surface area (Å²) >= 11 is 1.25. The van der Waals surface area contributed by atoms with Crippen molar-refractivity contribution in [2.24, 2.45) is 0 Å². The number of nitrogens with zero attached hydrogens (tertiary/aromatic N) is 2. The molecule has 1 amide bonds. The van der Waals surface area contributed by atoms with Gasteiger partial charge in [-0.2, -0.15) is 13.2 Å². The number of benzene rings is 1. The van der Waals surface area contributed by atoms with E-state index in [9.17, 15) is 18.0 Å². The van der Waals surface area contributed by atoms with Gasteiger partial charge in [0, 0.05) is 30.3 Å². The normalized spacial score (nSPS) is 11.9. The number of hydrogen-bond acceptors (Lipinski definition) is 4. The van der Waals surface area contributed by atoms with E-state index in [1.165, 1.54) is 17.4 Å². The first-order valence-electron chi connectivity index (χ1n) is 8.43. The monoisotopic (exact) mass is 397 g/mol. The van der Waals surface area contributed by atoms with Crippen LogP contribution in [-0.4, -0.2) is 33.6 Å². The number of hydrogen-bond donors (Lipinski definition) is 2. The summed E-state index contributed by atoms with van der Waals surface area (Å²) < 4.78 is 40.3. The van der Waals surface area contributed by atoms with Gasteiger partial charge in [0.05, 0.1) is 11.3 Å². The highest BCUT2D eigenvalue weighted by Gasteiger charge is 2.30. The number of halogens is 3. The smallest absolute Gasteiger partial charge is 0.396 e. The van der Waals surface area contributed by atoms with Crippen molar-refractivity contribution in [1.29, 1.82) is 0 Å². The first-order valence-corrected chi connectivity index (χ1v) is 9.31. The number of amides is 1. The van der Waals surface area contributed by atoms with Gasteiger partial charge < -0.3 is 10.4 Å². The third-order valence-electron chi connectivity index (χ3n) is 4.05. The van der Waals surface area contributed by atoms with Gasteiger partial charge in [-0.05, 0) is 31.4 Å². The molecule has 2 heterocycles. The number of rotatable bonds is 7. The molecule has 0 saturated carbocycles. The van der Waals surface area contributed by atoms with Crippen LogP contribution in [0.4, 0.5) is 13.2 Å². The lowest BCUT2D eigenvalue weighted by Gasteiger charge is -2.07. The molecule has 3 aromatic rings. The molecule has 0 atom stereocenters. The maximum Gasteiger partial charge on any atom is 0.416 e. The van der Waals surface area contributed by atoms with E-state index in [0.29, 0.717) is 34.9 Å².